The van der Waals surface area contributed by atoms with Gasteiger partial charge in [-0.05, 0) is 11.4 Å². The van der Waals surface area contributed by atoms with Crippen LogP contribution in [0.3, 0.4) is 0 Å². The van der Waals surface area contributed by atoms with E-state index in [1.807, 2.05) is 17.5 Å². The summed E-state index contributed by atoms with van der Waals surface area (Å²) in [4.78, 5) is 26.4. The number of nitrogens with zero attached hydrogens (tertiary/aromatic N) is 2. The molecule has 0 aliphatic heterocycles. The summed E-state index contributed by atoms with van der Waals surface area (Å²) in [7, 11) is 0. The zero-order chi connectivity index (χ0) is 11.5. The van der Waals surface area contributed by atoms with E-state index < -0.39 is 11.5 Å². The Morgan fingerprint density at radius 2 is 2.38 bits per heavy atom. The van der Waals surface area contributed by atoms with Gasteiger partial charge in [-0.3, -0.25) is 4.79 Å². The number of carbonyl (C=O) groups is 1. The maximum Gasteiger partial charge on any atom is 0.342 e. The van der Waals surface area contributed by atoms with Crippen molar-refractivity contribution in [1.29, 1.82) is 0 Å². The van der Waals surface area contributed by atoms with Crippen LogP contribution in [0, 0.1) is 0 Å². The molecule has 0 saturated carbocycles. The van der Waals surface area contributed by atoms with Gasteiger partial charge >= 0.3 is 5.97 Å². The van der Waals surface area contributed by atoms with Crippen LogP contribution in [-0.2, 0) is 6.54 Å². The Kier molecular flexibility index (Phi) is 2.82. The highest BCUT2D eigenvalue weighted by Gasteiger charge is 2.09. The van der Waals surface area contributed by atoms with Gasteiger partial charge in [-0.15, -0.1) is 11.3 Å². The molecule has 0 fully saturated rings. The first-order valence-electron chi connectivity index (χ1n) is 4.48. The van der Waals surface area contributed by atoms with Crippen LogP contribution in [0.1, 0.15) is 15.2 Å². The van der Waals surface area contributed by atoms with E-state index in [4.69, 9.17) is 5.11 Å². The van der Waals surface area contributed by atoms with E-state index in [0.717, 1.165) is 4.88 Å². The largest absolute Gasteiger partial charge is 0.477 e. The van der Waals surface area contributed by atoms with E-state index in [1.54, 1.807) is 15.9 Å². The summed E-state index contributed by atoms with van der Waals surface area (Å²) in [5.74, 6) is -1.25. The lowest BCUT2D eigenvalue weighted by molar-refractivity contribution is 0.0694. The topological polar surface area (TPSA) is 72.2 Å². The van der Waals surface area contributed by atoms with Gasteiger partial charge in [0.1, 0.15) is 5.56 Å². The molecule has 2 rings (SSSR count). The van der Waals surface area contributed by atoms with E-state index in [-0.39, 0.29) is 5.56 Å². The van der Waals surface area contributed by atoms with Gasteiger partial charge in [0.15, 0.2) is 0 Å². The number of hydrogen-bond donors (Lipinski definition) is 1. The lowest BCUT2D eigenvalue weighted by atomic mass is 10.3. The fourth-order valence-corrected chi connectivity index (χ4v) is 1.98. The van der Waals surface area contributed by atoms with Crippen molar-refractivity contribution in [3.8, 4) is 0 Å². The quantitative estimate of drug-likeness (QED) is 0.864. The molecule has 0 radical (unpaired) electrons. The van der Waals surface area contributed by atoms with Crippen LogP contribution in [0.25, 0.3) is 0 Å². The molecule has 2 heterocycles. The Hall–Kier alpha value is -1.95. The molecule has 0 aliphatic rings. The molecule has 5 nitrogen and oxygen atoms in total. The summed E-state index contributed by atoms with van der Waals surface area (Å²) in [5, 5.41) is 10.7. The van der Waals surface area contributed by atoms with Gasteiger partial charge in [0.05, 0.1) is 12.9 Å². The van der Waals surface area contributed by atoms with Gasteiger partial charge in [-0.2, -0.15) is 4.98 Å². The molecule has 2 aromatic heterocycles. The molecule has 16 heavy (non-hydrogen) atoms. The standard InChI is InChI=1S/C10H8N2O3S/c13-9-8(10(14)15)5-12(6-11-9)4-7-2-1-3-16-7/h1-3,5-6H,4H2,(H,14,15). The van der Waals surface area contributed by atoms with Gasteiger partial charge < -0.3 is 9.67 Å². The molecule has 0 atom stereocenters. The van der Waals surface area contributed by atoms with Crippen molar-refractivity contribution in [2.75, 3.05) is 0 Å². The first-order valence-corrected chi connectivity index (χ1v) is 5.36. The Bertz CT molecular complexity index is 560. The van der Waals surface area contributed by atoms with Crippen LogP contribution in [0.4, 0.5) is 0 Å². The molecular weight excluding hydrogens is 228 g/mol. The van der Waals surface area contributed by atoms with Crippen LogP contribution in [0.15, 0.2) is 34.8 Å². The summed E-state index contributed by atoms with van der Waals surface area (Å²) < 4.78 is 1.58. The van der Waals surface area contributed by atoms with Gasteiger partial charge in [-0.1, -0.05) is 6.07 Å². The van der Waals surface area contributed by atoms with Gasteiger partial charge in [0.25, 0.3) is 5.56 Å². The van der Waals surface area contributed by atoms with E-state index in [9.17, 15) is 9.59 Å². The molecule has 6 heteroatoms. The number of carboxylic acids is 1. The Morgan fingerprint density at radius 3 is 3.00 bits per heavy atom. The maximum absolute atomic E-state index is 11.1. The van der Waals surface area contributed by atoms with Crippen molar-refractivity contribution in [1.82, 2.24) is 9.55 Å². The van der Waals surface area contributed by atoms with Crippen LogP contribution >= 0.6 is 11.3 Å². The Balaban J connectivity index is 2.33. The minimum absolute atomic E-state index is 0.306. The normalized spacial score (nSPS) is 10.2. The second-order valence-corrected chi connectivity index (χ2v) is 4.18. The summed E-state index contributed by atoms with van der Waals surface area (Å²) in [6.07, 6.45) is 2.64. The maximum atomic E-state index is 11.1. The third kappa shape index (κ3) is 2.17. The summed E-state index contributed by atoms with van der Waals surface area (Å²) in [6.45, 7) is 0.519. The van der Waals surface area contributed by atoms with Gasteiger partial charge in [0.2, 0.25) is 0 Å². The second kappa shape index (κ2) is 4.28. The van der Waals surface area contributed by atoms with E-state index in [0.29, 0.717) is 6.54 Å². The molecule has 0 aromatic carbocycles. The van der Waals surface area contributed by atoms with E-state index >= 15 is 0 Å². The fourth-order valence-electron chi connectivity index (χ4n) is 1.27. The molecule has 2 aromatic rings. The summed E-state index contributed by atoms with van der Waals surface area (Å²) >= 11 is 1.56. The van der Waals surface area contributed by atoms with Crippen molar-refractivity contribution in [2.24, 2.45) is 0 Å². The van der Waals surface area contributed by atoms with Gasteiger partial charge in [-0.25, -0.2) is 4.79 Å². The first kappa shape index (κ1) is 10.6. The summed E-state index contributed by atoms with van der Waals surface area (Å²) in [5.41, 5.74) is -1.02. The van der Waals surface area contributed by atoms with Crippen LogP contribution in [0.5, 0.6) is 0 Å². The van der Waals surface area contributed by atoms with E-state index in [1.165, 1.54) is 12.5 Å². The molecule has 0 amide bonds. The SMILES string of the molecule is O=C(O)c1cn(Cc2cccs2)cnc1=O. The minimum atomic E-state index is -1.25. The first-order chi connectivity index (χ1) is 7.66. The molecule has 0 bridgehead atoms. The number of thiophene rings is 1. The predicted molar refractivity (Wildman–Crippen MR) is 58.9 cm³/mol. The predicted octanol–water partition coefficient (Wildman–Crippen LogP) is 1.05. The number of aromatic carboxylic acids is 1. The van der Waals surface area contributed by atoms with Crippen LogP contribution in [0.2, 0.25) is 0 Å². The Labute approximate surface area is 94.6 Å². The number of aromatic nitrogens is 2. The van der Waals surface area contributed by atoms with Crippen molar-refractivity contribution < 1.29 is 9.90 Å². The van der Waals surface area contributed by atoms with Gasteiger partial charge in [0, 0.05) is 11.1 Å². The number of hydrogen-bond acceptors (Lipinski definition) is 4. The molecule has 0 aliphatic carbocycles. The monoisotopic (exact) mass is 236 g/mol. The Morgan fingerprint density at radius 1 is 1.56 bits per heavy atom. The zero-order valence-corrected chi connectivity index (χ0v) is 8.98. The smallest absolute Gasteiger partial charge is 0.342 e. The van der Waals surface area contributed by atoms with Crippen molar-refractivity contribution in [2.45, 2.75) is 6.54 Å². The highest BCUT2D eigenvalue weighted by Crippen LogP contribution is 2.09. The highest BCUT2D eigenvalue weighted by molar-refractivity contribution is 7.09. The number of carboxylic acid groups (broad SMARTS) is 1. The average Bonchev–Trinajstić information content (AvgIpc) is 2.73. The summed E-state index contributed by atoms with van der Waals surface area (Å²) in [6, 6.07) is 3.84. The highest BCUT2D eigenvalue weighted by atomic mass is 32.1. The third-order valence-corrected chi connectivity index (χ3v) is 2.86. The van der Waals surface area contributed by atoms with Crippen molar-refractivity contribution in [3.63, 3.8) is 0 Å². The molecule has 1 N–H and O–H groups in total. The zero-order valence-electron chi connectivity index (χ0n) is 8.16. The molecular formula is C10H8N2O3S. The lowest BCUT2D eigenvalue weighted by Crippen LogP contribution is -2.20. The number of rotatable bonds is 3. The molecule has 0 unspecified atom stereocenters. The van der Waals surface area contributed by atoms with E-state index in [2.05, 4.69) is 4.98 Å². The molecule has 0 saturated heterocycles. The molecule has 0 spiro atoms. The van der Waals surface area contributed by atoms with Crippen molar-refractivity contribution in [3.05, 3.63) is 50.8 Å². The minimum Gasteiger partial charge on any atom is -0.477 e. The third-order valence-electron chi connectivity index (χ3n) is 2.00. The lowest BCUT2D eigenvalue weighted by Gasteiger charge is -2.03. The second-order valence-electron chi connectivity index (χ2n) is 3.15. The molecule has 82 valence electrons. The average molecular weight is 236 g/mol. The van der Waals surface area contributed by atoms with Crippen LogP contribution in [-0.4, -0.2) is 20.6 Å². The van der Waals surface area contributed by atoms with Crippen molar-refractivity contribution >= 4 is 17.3 Å². The van der Waals surface area contributed by atoms with Crippen LogP contribution < -0.4 is 5.56 Å². The fraction of sp³-hybridized carbons (Fsp3) is 0.100.